The lowest BCUT2D eigenvalue weighted by atomic mass is 10.5. The smallest absolute Gasteiger partial charge is 0.225 e. The fraction of sp³-hybridized carbons (Fsp3) is 0.800. The number of hydrogen-bond donors (Lipinski definition) is 1. The third-order valence-corrected chi connectivity index (χ3v) is 0.976. The molecule has 1 N–H and O–H groups in total. The van der Waals surface area contributed by atoms with Gasteiger partial charge in [0.05, 0.1) is 0 Å². The maximum absolute atomic E-state index is 8.32. The van der Waals surface area contributed by atoms with Crippen LogP contribution < -0.4 is 0 Å². The molecule has 5 heteroatoms. The molecule has 0 aliphatic rings. The number of nitrogens with zero attached hydrogens (tertiary/aromatic N) is 1. The monoisotopic (exact) mass is 203 g/mol. The average Bonchev–Trinajstić information content (AvgIpc) is 1.78. The van der Waals surface area contributed by atoms with Crippen LogP contribution in [0.4, 0.5) is 0 Å². The minimum atomic E-state index is -1.41. The summed E-state index contributed by atoms with van der Waals surface area (Å²) < 4.78 is -1.41. The minimum absolute atomic E-state index is 0.108. The zero-order valence-electron chi connectivity index (χ0n) is 5.23. The van der Waals surface area contributed by atoms with Gasteiger partial charge < -0.3 is 5.11 Å². The summed E-state index contributed by atoms with van der Waals surface area (Å²) in [6.07, 6.45) is 1.82. The van der Waals surface area contributed by atoms with Crippen molar-refractivity contribution < 1.29 is 5.11 Å². The lowest BCUT2D eigenvalue weighted by Crippen LogP contribution is -2.03. The molecule has 0 saturated carbocycles. The standard InChI is InChI=1S/C5H8Cl3NO/c6-5(7,8)4-9-2-1-3-10/h4,10H,1-3H2. The maximum Gasteiger partial charge on any atom is 0.225 e. The van der Waals surface area contributed by atoms with E-state index < -0.39 is 3.79 Å². The van der Waals surface area contributed by atoms with Crippen molar-refractivity contribution in [3.63, 3.8) is 0 Å². The second-order valence-corrected chi connectivity index (χ2v) is 4.02. The van der Waals surface area contributed by atoms with Crippen LogP contribution in [0.2, 0.25) is 0 Å². The highest BCUT2D eigenvalue weighted by molar-refractivity contribution is 6.74. The Morgan fingerprint density at radius 2 is 2.00 bits per heavy atom. The van der Waals surface area contributed by atoms with Crippen molar-refractivity contribution in [2.24, 2.45) is 4.99 Å². The second kappa shape index (κ2) is 5.19. The Labute approximate surface area is 74.8 Å². The molecule has 0 rings (SSSR count). The number of aliphatic imine (C=N–C) groups is 1. The molecule has 0 aliphatic heterocycles. The van der Waals surface area contributed by atoms with E-state index in [0.29, 0.717) is 13.0 Å². The molecule has 0 aliphatic carbocycles. The van der Waals surface area contributed by atoms with E-state index in [-0.39, 0.29) is 6.61 Å². The number of alkyl halides is 3. The molecular weight excluding hydrogens is 196 g/mol. The molecule has 0 spiro atoms. The fourth-order valence-electron chi connectivity index (χ4n) is 0.330. The number of halogens is 3. The molecule has 60 valence electrons. The average molecular weight is 204 g/mol. The molecule has 0 atom stereocenters. The highest BCUT2D eigenvalue weighted by Gasteiger charge is 2.14. The zero-order valence-corrected chi connectivity index (χ0v) is 7.49. The van der Waals surface area contributed by atoms with Crippen LogP contribution in [0.25, 0.3) is 0 Å². The van der Waals surface area contributed by atoms with Crippen LogP contribution in [0, 0.1) is 0 Å². The third-order valence-electron chi connectivity index (χ3n) is 0.683. The van der Waals surface area contributed by atoms with Crippen molar-refractivity contribution in [2.45, 2.75) is 10.2 Å². The molecule has 0 unspecified atom stereocenters. The summed E-state index contributed by atoms with van der Waals surface area (Å²) in [7, 11) is 0. The van der Waals surface area contributed by atoms with Crippen LogP contribution in [0.3, 0.4) is 0 Å². The summed E-state index contributed by atoms with van der Waals surface area (Å²) in [5.74, 6) is 0. The van der Waals surface area contributed by atoms with Crippen molar-refractivity contribution in [3.05, 3.63) is 0 Å². The van der Waals surface area contributed by atoms with E-state index in [4.69, 9.17) is 39.9 Å². The fourth-order valence-corrected chi connectivity index (χ4v) is 0.537. The molecule has 0 aromatic carbocycles. The van der Waals surface area contributed by atoms with Gasteiger partial charge in [-0.25, -0.2) is 0 Å². The van der Waals surface area contributed by atoms with Gasteiger partial charge in [0.25, 0.3) is 0 Å². The lowest BCUT2D eigenvalue weighted by molar-refractivity contribution is 0.291. The summed E-state index contributed by atoms with van der Waals surface area (Å²) in [6, 6.07) is 0. The van der Waals surface area contributed by atoms with E-state index in [9.17, 15) is 0 Å². The topological polar surface area (TPSA) is 32.6 Å². The van der Waals surface area contributed by atoms with E-state index in [1.807, 2.05) is 0 Å². The molecule has 10 heavy (non-hydrogen) atoms. The van der Waals surface area contributed by atoms with Crippen LogP contribution in [-0.2, 0) is 0 Å². The van der Waals surface area contributed by atoms with Gasteiger partial charge in [-0.3, -0.25) is 4.99 Å². The number of rotatable bonds is 3. The van der Waals surface area contributed by atoms with E-state index >= 15 is 0 Å². The first-order valence-electron chi connectivity index (χ1n) is 2.75. The highest BCUT2D eigenvalue weighted by atomic mass is 35.6. The van der Waals surface area contributed by atoms with Crippen LogP contribution in [0.15, 0.2) is 4.99 Å². The molecule has 0 aromatic heterocycles. The third kappa shape index (κ3) is 8.50. The molecule has 0 fully saturated rings. The largest absolute Gasteiger partial charge is 0.396 e. The summed E-state index contributed by atoms with van der Waals surface area (Å²) in [5.41, 5.74) is 0. The first kappa shape index (κ1) is 10.5. The number of aliphatic hydroxyl groups excluding tert-OH is 1. The molecule has 0 heterocycles. The van der Waals surface area contributed by atoms with Gasteiger partial charge in [0, 0.05) is 19.4 Å². The van der Waals surface area contributed by atoms with Crippen molar-refractivity contribution in [2.75, 3.05) is 13.2 Å². The Morgan fingerprint density at radius 1 is 1.40 bits per heavy atom. The van der Waals surface area contributed by atoms with Gasteiger partial charge >= 0.3 is 0 Å². The van der Waals surface area contributed by atoms with E-state index in [0.717, 1.165) is 0 Å². The quantitative estimate of drug-likeness (QED) is 0.424. The van der Waals surface area contributed by atoms with Crippen LogP contribution in [-0.4, -0.2) is 28.3 Å². The van der Waals surface area contributed by atoms with Crippen molar-refractivity contribution >= 4 is 41.0 Å². The Hall–Kier alpha value is 0.500. The van der Waals surface area contributed by atoms with E-state index in [1.54, 1.807) is 0 Å². The van der Waals surface area contributed by atoms with Crippen LogP contribution >= 0.6 is 34.8 Å². The molecule has 0 aromatic rings. The summed E-state index contributed by atoms with van der Waals surface area (Å²) >= 11 is 16.0. The first-order valence-corrected chi connectivity index (χ1v) is 3.88. The lowest BCUT2D eigenvalue weighted by Gasteiger charge is -2.00. The van der Waals surface area contributed by atoms with Gasteiger partial charge in [-0.05, 0) is 6.42 Å². The molecule has 0 saturated heterocycles. The van der Waals surface area contributed by atoms with E-state index in [2.05, 4.69) is 4.99 Å². The van der Waals surface area contributed by atoms with Crippen molar-refractivity contribution in [1.82, 2.24) is 0 Å². The van der Waals surface area contributed by atoms with Crippen molar-refractivity contribution in [1.29, 1.82) is 0 Å². The Morgan fingerprint density at radius 3 is 2.40 bits per heavy atom. The van der Waals surface area contributed by atoms with Crippen LogP contribution in [0.1, 0.15) is 6.42 Å². The number of hydrogen-bond acceptors (Lipinski definition) is 2. The molecular formula is C5H8Cl3NO. The Balaban J connectivity index is 3.37. The van der Waals surface area contributed by atoms with Crippen LogP contribution in [0.5, 0.6) is 0 Å². The van der Waals surface area contributed by atoms with Gasteiger partial charge in [0.1, 0.15) is 0 Å². The highest BCUT2D eigenvalue weighted by Crippen LogP contribution is 2.22. The zero-order chi connectivity index (χ0) is 8.04. The van der Waals surface area contributed by atoms with E-state index in [1.165, 1.54) is 6.21 Å². The molecule has 2 nitrogen and oxygen atoms in total. The second-order valence-electron chi connectivity index (χ2n) is 1.65. The Bertz CT molecular complexity index is 110. The van der Waals surface area contributed by atoms with Crippen molar-refractivity contribution in [3.8, 4) is 0 Å². The maximum atomic E-state index is 8.32. The van der Waals surface area contributed by atoms with Gasteiger partial charge in [0.15, 0.2) is 0 Å². The van der Waals surface area contributed by atoms with Gasteiger partial charge in [0.2, 0.25) is 3.79 Å². The minimum Gasteiger partial charge on any atom is -0.396 e. The first-order chi connectivity index (χ1) is 4.56. The normalized spacial score (nSPS) is 12.8. The molecule has 0 bridgehead atoms. The summed E-state index contributed by atoms with van der Waals surface area (Å²) in [6.45, 7) is 0.599. The summed E-state index contributed by atoms with van der Waals surface area (Å²) in [4.78, 5) is 3.75. The SMILES string of the molecule is OCCCN=CC(Cl)(Cl)Cl. The number of aliphatic hydroxyl groups is 1. The molecule has 0 amide bonds. The Kier molecular flexibility index (Phi) is 5.45. The predicted molar refractivity (Wildman–Crippen MR) is 45.4 cm³/mol. The summed E-state index contributed by atoms with van der Waals surface area (Å²) in [5, 5.41) is 8.32. The van der Waals surface area contributed by atoms with Gasteiger partial charge in [-0.15, -0.1) is 0 Å². The predicted octanol–water partition coefficient (Wildman–Crippen LogP) is 1.81. The molecule has 0 radical (unpaired) electrons. The van der Waals surface area contributed by atoms with Gasteiger partial charge in [-0.2, -0.15) is 0 Å². The van der Waals surface area contributed by atoms with Gasteiger partial charge in [-0.1, -0.05) is 34.8 Å².